The molecule has 113 valence electrons. The van der Waals surface area contributed by atoms with Crippen molar-refractivity contribution in [2.75, 3.05) is 0 Å². The monoisotopic (exact) mass is 337 g/mol. The Labute approximate surface area is 147 Å². The smallest absolute Gasteiger partial charge is 0.0557 e. The Kier molecular flexibility index (Phi) is 5.17. The van der Waals surface area contributed by atoms with Gasteiger partial charge in [0.15, 0.2) is 0 Å². The van der Waals surface area contributed by atoms with E-state index in [9.17, 15) is 0 Å². The van der Waals surface area contributed by atoms with E-state index >= 15 is 0 Å². The van der Waals surface area contributed by atoms with E-state index in [1.165, 1.54) is 0 Å². The number of hydrogen-bond donors (Lipinski definition) is 0. The summed E-state index contributed by atoms with van der Waals surface area (Å²) >= 11 is 12.0. The molecule has 0 unspecified atom stereocenters. The highest BCUT2D eigenvalue weighted by Crippen LogP contribution is 2.28. The second-order valence-electron chi connectivity index (χ2n) is 5.17. The average Bonchev–Trinajstić information content (AvgIpc) is 2.59. The summed E-state index contributed by atoms with van der Waals surface area (Å²) in [6.45, 7) is 0. The van der Waals surface area contributed by atoms with Gasteiger partial charge in [-0.05, 0) is 41.0 Å². The van der Waals surface area contributed by atoms with Crippen LogP contribution in [0.4, 0.5) is 0 Å². The van der Waals surface area contributed by atoms with Crippen LogP contribution in [0.5, 0.6) is 0 Å². The molecule has 3 rings (SSSR count). The van der Waals surface area contributed by atoms with Gasteiger partial charge in [-0.15, -0.1) is 0 Å². The molecule has 0 aliphatic carbocycles. The lowest BCUT2D eigenvalue weighted by Crippen LogP contribution is -1.98. The van der Waals surface area contributed by atoms with E-state index in [1.54, 1.807) is 0 Å². The zero-order valence-corrected chi connectivity index (χ0v) is 13.9. The van der Waals surface area contributed by atoms with Crippen molar-refractivity contribution in [3.05, 3.63) is 118 Å². The highest BCUT2D eigenvalue weighted by Gasteiger charge is 2.12. The lowest BCUT2D eigenvalue weighted by molar-refractivity contribution is 1.29. The van der Waals surface area contributed by atoms with E-state index in [1.807, 2.05) is 66.7 Å². The molecule has 0 aliphatic heterocycles. The van der Waals surface area contributed by atoms with Gasteiger partial charge in [0.2, 0.25) is 0 Å². The maximum Gasteiger partial charge on any atom is 0.0557 e. The number of allylic oxidation sites excluding steroid dienone is 1. The van der Waals surface area contributed by atoms with Gasteiger partial charge in [0, 0.05) is 10.0 Å². The standard InChI is InChI=1S/C21H15Cl2/c22-19-11-7-17(8-12-19)21(18-9-13-20(23)14-10-18)15-6-16-4-2-1-3-5-16/h1-15H. The molecule has 0 N–H and O–H groups in total. The number of rotatable bonds is 4. The van der Waals surface area contributed by atoms with Gasteiger partial charge in [-0.25, -0.2) is 0 Å². The van der Waals surface area contributed by atoms with Crippen molar-refractivity contribution in [2.45, 2.75) is 0 Å². The lowest BCUT2D eigenvalue weighted by atomic mass is 9.90. The molecule has 0 atom stereocenters. The summed E-state index contributed by atoms with van der Waals surface area (Å²) in [5.74, 6) is 1.13. The second kappa shape index (κ2) is 7.50. The summed E-state index contributed by atoms with van der Waals surface area (Å²) in [7, 11) is 0. The highest BCUT2D eigenvalue weighted by molar-refractivity contribution is 6.30. The molecule has 0 aromatic heterocycles. The molecule has 0 amide bonds. The van der Waals surface area contributed by atoms with Crippen LogP contribution >= 0.6 is 23.2 Å². The molecule has 0 saturated carbocycles. The van der Waals surface area contributed by atoms with Gasteiger partial charge in [-0.2, -0.15) is 0 Å². The van der Waals surface area contributed by atoms with E-state index in [2.05, 4.69) is 24.3 Å². The predicted octanol–water partition coefficient (Wildman–Crippen LogP) is 6.68. The van der Waals surface area contributed by atoms with E-state index < -0.39 is 0 Å². The van der Waals surface area contributed by atoms with Gasteiger partial charge in [-0.1, -0.05) is 90.0 Å². The minimum atomic E-state index is 0.733. The Morgan fingerprint density at radius 1 is 0.609 bits per heavy atom. The van der Waals surface area contributed by atoms with Crippen LogP contribution in [0.1, 0.15) is 16.7 Å². The van der Waals surface area contributed by atoms with E-state index in [-0.39, 0.29) is 0 Å². The molecule has 2 heteroatoms. The molecule has 0 aliphatic rings. The third-order valence-corrected chi connectivity index (χ3v) is 4.06. The molecule has 0 spiro atoms. The zero-order chi connectivity index (χ0) is 16.1. The van der Waals surface area contributed by atoms with Crippen LogP contribution in [0.2, 0.25) is 10.0 Å². The van der Waals surface area contributed by atoms with Crippen LogP contribution in [0, 0.1) is 5.92 Å². The largest absolute Gasteiger partial charge is 0.0843 e. The van der Waals surface area contributed by atoms with Gasteiger partial charge in [0.05, 0.1) is 5.92 Å². The van der Waals surface area contributed by atoms with E-state index in [0.717, 1.165) is 32.7 Å². The van der Waals surface area contributed by atoms with Crippen LogP contribution in [0.25, 0.3) is 6.08 Å². The van der Waals surface area contributed by atoms with Gasteiger partial charge in [-0.3, -0.25) is 0 Å². The second-order valence-corrected chi connectivity index (χ2v) is 6.04. The van der Waals surface area contributed by atoms with Gasteiger partial charge in [0.25, 0.3) is 0 Å². The van der Waals surface area contributed by atoms with Crippen molar-refractivity contribution in [1.29, 1.82) is 0 Å². The molecule has 23 heavy (non-hydrogen) atoms. The summed E-state index contributed by atoms with van der Waals surface area (Å²) < 4.78 is 0. The minimum Gasteiger partial charge on any atom is -0.0843 e. The Morgan fingerprint density at radius 3 is 1.57 bits per heavy atom. The molecule has 0 nitrogen and oxygen atoms in total. The first-order valence-corrected chi connectivity index (χ1v) is 8.10. The number of hydrogen-bond acceptors (Lipinski definition) is 0. The SMILES string of the molecule is Clc1ccc([C](C=Cc2ccccc2)c2ccc(Cl)cc2)cc1. The molecule has 0 heterocycles. The van der Waals surface area contributed by atoms with Crippen LogP contribution in [-0.4, -0.2) is 0 Å². The summed E-state index contributed by atoms with van der Waals surface area (Å²) in [5, 5.41) is 1.47. The number of benzene rings is 3. The van der Waals surface area contributed by atoms with E-state index in [4.69, 9.17) is 23.2 Å². The van der Waals surface area contributed by atoms with Crippen LogP contribution in [0.15, 0.2) is 84.9 Å². The van der Waals surface area contributed by atoms with Gasteiger partial charge < -0.3 is 0 Å². The normalized spacial score (nSPS) is 11.3. The van der Waals surface area contributed by atoms with Gasteiger partial charge >= 0.3 is 0 Å². The molecule has 1 radical (unpaired) electrons. The fourth-order valence-electron chi connectivity index (χ4n) is 2.36. The summed E-state index contributed by atoms with van der Waals surface area (Å²) in [4.78, 5) is 0. The molecule has 3 aromatic carbocycles. The van der Waals surface area contributed by atoms with Crippen LogP contribution in [-0.2, 0) is 0 Å². The molecular formula is C21H15Cl2. The van der Waals surface area contributed by atoms with Crippen molar-refractivity contribution in [3.8, 4) is 0 Å². The van der Waals surface area contributed by atoms with Crippen LogP contribution in [0.3, 0.4) is 0 Å². The Morgan fingerprint density at radius 2 is 1.09 bits per heavy atom. The minimum absolute atomic E-state index is 0.733. The van der Waals surface area contributed by atoms with Crippen molar-refractivity contribution in [3.63, 3.8) is 0 Å². The summed E-state index contributed by atoms with van der Waals surface area (Å²) in [5.41, 5.74) is 3.39. The van der Waals surface area contributed by atoms with E-state index in [0.29, 0.717) is 0 Å². The van der Waals surface area contributed by atoms with Crippen molar-refractivity contribution in [2.24, 2.45) is 0 Å². The topological polar surface area (TPSA) is 0 Å². The molecule has 0 fully saturated rings. The first-order valence-electron chi connectivity index (χ1n) is 7.34. The third kappa shape index (κ3) is 4.25. The fraction of sp³-hybridized carbons (Fsp3) is 0. The van der Waals surface area contributed by atoms with Crippen molar-refractivity contribution >= 4 is 29.3 Å². The molecule has 0 bridgehead atoms. The lowest BCUT2D eigenvalue weighted by Gasteiger charge is -2.13. The maximum atomic E-state index is 6.01. The summed E-state index contributed by atoms with van der Waals surface area (Å²) in [6.07, 6.45) is 4.24. The van der Waals surface area contributed by atoms with Gasteiger partial charge in [0.1, 0.15) is 0 Å². The first-order chi connectivity index (χ1) is 11.2. The first kappa shape index (κ1) is 15.9. The molecular weight excluding hydrogens is 323 g/mol. The van der Waals surface area contributed by atoms with Crippen molar-refractivity contribution in [1.82, 2.24) is 0 Å². The molecule has 0 saturated heterocycles. The van der Waals surface area contributed by atoms with Crippen LogP contribution < -0.4 is 0 Å². The predicted molar refractivity (Wildman–Crippen MR) is 99.8 cm³/mol. The molecule has 3 aromatic rings. The third-order valence-electron chi connectivity index (χ3n) is 3.55. The number of halogens is 2. The fourth-order valence-corrected chi connectivity index (χ4v) is 2.61. The maximum absolute atomic E-state index is 6.01. The van der Waals surface area contributed by atoms with Crippen molar-refractivity contribution < 1.29 is 0 Å². The average molecular weight is 338 g/mol. The highest BCUT2D eigenvalue weighted by atomic mass is 35.5. The Balaban J connectivity index is 1.97. The zero-order valence-electron chi connectivity index (χ0n) is 12.4. The summed E-state index contributed by atoms with van der Waals surface area (Å²) in [6, 6.07) is 26.0. The quantitative estimate of drug-likeness (QED) is 0.498. The Hall–Kier alpha value is -2.02. The Bertz CT molecular complexity index is 727.